The third-order valence-corrected chi connectivity index (χ3v) is 16.5. The first-order chi connectivity index (χ1) is 21.8. The van der Waals surface area contributed by atoms with Gasteiger partial charge in [0.15, 0.2) is 0 Å². The van der Waals surface area contributed by atoms with Crippen LogP contribution >= 0.6 is 0 Å². The molecule has 0 radical (unpaired) electrons. The Kier molecular flexibility index (Phi) is 8.29. The Hall–Kier alpha value is -1.04. The van der Waals surface area contributed by atoms with E-state index in [-0.39, 0.29) is 0 Å². The van der Waals surface area contributed by atoms with E-state index in [0.717, 1.165) is 94.7 Å². The molecule has 0 nitrogen and oxygen atoms in total. The Morgan fingerprint density at radius 3 is 0.614 bits per heavy atom. The van der Waals surface area contributed by atoms with Crippen LogP contribution in [0.25, 0.3) is 0 Å². The molecular weight excluding hydrogens is 528 g/mol. The molecule has 10 aliphatic rings. The van der Waals surface area contributed by atoms with Crippen LogP contribution in [-0.2, 0) is 0 Å². The van der Waals surface area contributed by atoms with Crippen molar-refractivity contribution in [1.29, 1.82) is 0 Å². The van der Waals surface area contributed by atoms with Crippen molar-refractivity contribution < 1.29 is 0 Å². The van der Waals surface area contributed by atoms with Gasteiger partial charge in [-0.2, -0.15) is 0 Å². The largest absolute Gasteiger partial charge is 0.0848 e. The van der Waals surface area contributed by atoms with Gasteiger partial charge in [-0.15, -0.1) is 0 Å². The van der Waals surface area contributed by atoms with E-state index in [9.17, 15) is 0 Å². The Labute approximate surface area is 271 Å². The van der Waals surface area contributed by atoms with Crippen molar-refractivity contribution in [3.05, 3.63) is 48.6 Å². The average Bonchev–Trinajstić information content (AvgIpc) is 3.89. The smallest absolute Gasteiger partial charge is 0.0196 e. The quantitative estimate of drug-likeness (QED) is 0.245. The molecule has 16 atom stereocenters. The fraction of sp³-hybridized carbons (Fsp3) is 0.818. The Morgan fingerprint density at radius 1 is 0.205 bits per heavy atom. The molecule has 240 valence electrons. The molecule has 0 amide bonds. The lowest BCUT2D eigenvalue weighted by Crippen LogP contribution is -2.28. The minimum absolute atomic E-state index is 0.950. The summed E-state index contributed by atoms with van der Waals surface area (Å²) in [7, 11) is 0. The second-order valence-corrected chi connectivity index (χ2v) is 18.2. The highest BCUT2D eigenvalue weighted by atomic mass is 14.6. The second-order valence-electron chi connectivity index (χ2n) is 18.2. The van der Waals surface area contributed by atoms with E-state index < -0.39 is 0 Å². The Bertz CT molecular complexity index is 946. The van der Waals surface area contributed by atoms with Gasteiger partial charge < -0.3 is 0 Å². The fourth-order valence-corrected chi connectivity index (χ4v) is 14.5. The van der Waals surface area contributed by atoms with Crippen LogP contribution < -0.4 is 0 Å². The van der Waals surface area contributed by atoms with Crippen LogP contribution in [-0.4, -0.2) is 0 Å². The summed E-state index contributed by atoms with van der Waals surface area (Å²) in [6.45, 7) is 0. The summed E-state index contributed by atoms with van der Waals surface area (Å²) in [4.78, 5) is 0. The molecule has 0 heteroatoms. The monoisotopic (exact) mass is 593 g/mol. The molecule has 0 aliphatic heterocycles. The molecule has 6 fully saturated rings. The summed E-state index contributed by atoms with van der Waals surface area (Å²) in [5.74, 6) is 16.0. The van der Waals surface area contributed by atoms with Crippen molar-refractivity contribution in [3.8, 4) is 0 Å². The van der Waals surface area contributed by atoms with Crippen molar-refractivity contribution in [2.24, 2.45) is 94.7 Å². The van der Waals surface area contributed by atoms with Gasteiger partial charge in [-0.05, 0) is 172 Å². The first-order valence-corrected chi connectivity index (χ1v) is 20.5. The van der Waals surface area contributed by atoms with Gasteiger partial charge in [-0.1, -0.05) is 100.0 Å². The molecule has 0 aromatic rings. The molecule has 0 heterocycles. The van der Waals surface area contributed by atoms with Gasteiger partial charge in [-0.25, -0.2) is 0 Å². The lowest BCUT2D eigenvalue weighted by atomic mass is 9.68. The molecule has 10 rings (SSSR count). The maximum atomic E-state index is 2.62. The van der Waals surface area contributed by atoms with Crippen LogP contribution in [0.1, 0.15) is 128 Å². The first kappa shape index (κ1) is 29.1. The summed E-state index contributed by atoms with van der Waals surface area (Å²) in [5.41, 5.74) is 0. The van der Waals surface area contributed by atoms with Crippen molar-refractivity contribution in [3.63, 3.8) is 0 Å². The minimum atomic E-state index is 0.950. The maximum absolute atomic E-state index is 2.62. The van der Waals surface area contributed by atoms with Gasteiger partial charge in [0.1, 0.15) is 0 Å². The van der Waals surface area contributed by atoms with E-state index in [2.05, 4.69) is 48.6 Å². The number of fused-ring (bicyclic) bond motifs is 20. The summed E-state index contributed by atoms with van der Waals surface area (Å²) in [5, 5.41) is 0. The summed E-state index contributed by atoms with van der Waals surface area (Å²) in [6.07, 6.45) is 51.3. The summed E-state index contributed by atoms with van der Waals surface area (Å²) < 4.78 is 0. The van der Waals surface area contributed by atoms with E-state index in [1.54, 1.807) is 38.5 Å². The topological polar surface area (TPSA) is 0 Å². The molecule has 6 saturated carbocycles. The SMILES string of the molecule is C1=CC2CC1C1CCC3C4C=CC(C4)C3CCC3C4C=CC(C4)C3CCC21.C1=CC2CC1C1CCCCCCCCCCC21. The van der Waals surface area contributed by atoms with Crippen molar-refractivity contribution in [1.82, 2.24) is 0 Å². The summed E-state index contributed by atoms with van der Waals surface area (Å²) >= 11 is 0. The van der Waals surface area contributed by atoms with Crippen LogP contribution in [0.15, 0.2) is 48.6 Å². The molecule has 44 heavy (non-hydrogen) atoms. The van der Waals surface area contributed by atoms with Gasteiger partial charge in [0, 0.05) is 0 Å². The predicted octanol–water partition coefficient (Wildman–Crippen LogP) is 12.0. The number of hydrogen-bond donors (Lipinski definition) is 0. The minimum Gasteiger partial charge on any atom is -0.0848 e. The lowest BCUT2D eigenvalue weighted by Gasteiger charge is -2.37. The van der Waals surface area contributed by atoms with Crippen LogP contribution in [0.5, 0.6) is 0 Å². The lowest BCUT2D eigenvalue weighted by molar-refractivity contribution is 0.162. The molecule has 0 aromatic heterocycles. The highest BCUT2D eigenvalue weighted by molar-refractivity contribution is 5.18. The first-order valence-electron chi connectivity index (χ1n) is 20.5. The van der Waals surface area contributed by atoms with Gasteiger partial charge in [0.05, 0.1) is 0 Å². The zero-order valence-electron chi connectivity index (χ0n) is 28.0. The van der Waals surface area contributed by atoms with Crippen LogP contribution in [0.3, 0.4) is 0 Å². The van der Waals surface area contributed by atoms with E-state index >= 15 is 0 Å². The third kappa shape index (κ3) is 5.31. The molecule has 0 N–H and O–H groups in total. The van der Waals surface area contributed by atoms with E-state index in [4.69, 9.17) is 0 Å². The van der Waals surface area contributed by atoms with Crippen molar-refractivity contribution in [2.75, 3.05) is 0 Å². The molecule has 0 spiro atoms. The Morgan fingerprint density at radius 2 is 0.386 bits per heavy atom. The van der Waals surface area contributed by atoms with E-state index in [1.165, 1.54) is 89.9 Å². The molecule has 0 saturated heterocycles. The fourth-order valence-electron chi connectivity index (χ4n) is 14.5. The van der Waals surface area contributed by atoms with Gasteiger partial charge >= 0.3 is 0 Å². The van der Waals surface area contributed by atoms with Crippen LogP contribution in [0.4, 0.5) is 0 Å². The number of allylic oxidation sites excluding steroid dienone is 8. The molecule has 16 unspecified atom stereocenters. The van der Waals surface area contributed by atoms with Gasteiger partial charge in [0.25, 0.3) is 0 Å². The highest BCUT2D eigenvalue weighted by Crippen LogP contribution is 2.59. The summed E-state index contributed by atoms with van der Waals surface area (Å²) in [6, 6.07) is 0. The van der Waals surface area contributed by atoms with Crippen LogP contribution in [0, 0.1) is 94.7 Å². The predicted molar refractivity (Wildman–Crippen MR) is 185 cm³/mol. The standard InChI is InChI=1S/C27H36.C17H28/c1-2-17-13-16(1)22-7-8-24-18-3-4-20(14-18)26(24)11-12-27-21-6-5-19(15-21)25(27)10-9-23(17)22;1-2-4-6-8-10-17-15-12-11-14(13-15)16(17)9-7-5-3-1/h1-6,16-27H,7-15H2;11-12,14-17H,1-10,13H2. The maximum Gasteiger partial charge on any atom is -0.0196 e. The number of hydrogen-bond acceptors (Lipinski definition) is 0. The zero-order chi connectivity index (χ0) is 29.0. The number of rotatable bonds is 0. The highest BCUT2D eigenvalue weighted by Gasteiger charge is 2.50. The van der Waals surface area contributed by atoms with Gasteiger partial charge in [0.2, 0.25) is 0 Å². The van der Waals surface area contributed by atoms with E-state index in [0.29, 0.717) is 0 Å². The zero-order valence-corrected chi connectivity index (χ0v) is 28.0. The van der Waals surface area contributed by atoms with Crippen LogP contribution in [0.2, 0.25) is 0 Å². The van der Waals surface area contributed by atoms with Crippen molar-refractivity contribution in [2.45, 2.75) is 128 Å². The average molecular weight is 593 g/mol. The molecule has 0 aromatic carbocycles. The normalized spacial score (nSPS) is 53.1. The van der Waals surface area contributed by atoms with Crippen molar-refractivity contribution >= 4 is 0 Å². The van der Waals surface area contributed by atoms with Gasteiger partial charge in [-0.3, -0.25) is 0 Å². The molecule has 8 bridgehead atoms. The third-order valence-electron chi connectivity index (χ3n) is 16.5. The Balaban J connectivity index is 0.000000138. The molecule has 10 aliphatic carbocycles. The molecular formula is C44H64. The second kappa shape index (κ2) is 12.5. The van der Waals surface area contributed by atoms with E-state index in [1.807, 2.05) is 0 Å².